The molecule has 1 N–H and O–H groups in total. The van der Waals surface area contributed by atoms with Gasteiger partial charge in [0.1, 0.15) is 0 Å². The van der Waals surface area contributed by atoms with Crippen LogP contribution >= 0.6 is 0 Å². The Hall–Kier alpha value is -0.570. The predicted molar refractivity (Wildman–Crippen MR) is 44.7 cm³/mol. The van der Waals surface area contributed by atoms with Gasteiger partial charge in [0.2, 0.25) is 0 Å². The molecule has 0 amide bonds. The van der Waals surface area contributed by atoms with E-state index in [4.69, 9.17) is 4.74 Å². The van der Waals surface area contributed by atoms with Gasteiger partial charge in [0.15, 0.2) is 0 Å². The van der Waals surface area contributed by atoms with Crippen LogP contribution in [0, 0.1) is 5.92 Å². The van der Waals surface area contributed by atoms with Crippen molar-refractivity contribution >= 4 is 5.97 Å². The number of ether oxygens (including phenoxy) is 1. The molecule has 2 aliphatic rings. The minimum absolute atomic E-state index is 0.00259. The lowest BCUT2D eigenvalue weighted by molar-refractivity contribution is -0.148. The van der Waals surface area contributed by atoms with Gasteiger partial charge >= 0.3 is 5.97 Å². The van der Waals surface area contributed by atoms with Gasteiger partial charge in [0.05, 0.1) is 12.5 Å². The van der Waals surface area contributed by atoms with E-state index in [1.165, 1.54) is 6.42 Å². The van der Waals surface area contributed by atoms with Crippen LogP contribution in [0.4, 0.5) is 0 Å². The van der Waals surface area contributed by atoms with Crippen molar-refractivity contribution in [2.75, 3.05) is 6.61 Å². The molecule has 3 atom stereocenters. The topological polar surface area (TPSA) is 38.3 Å². The highest BCUT2D eigenvalue weighted by Crippen LogP contribution is 2.33. The van der Waals surface area contributed by atoms with Gasteiger partial charge in [-0.15, -0.1) is 0 Å². The number of esters is 1. The molecule has 0 radical (unpaired) electrons. The highest BCUT2D eigenvalue weighted by molar-refractivity contribution is 5.74. The van der Waals surface area contributed by atoms with Gasteiger partial charge in [-0.3, -0.25) is 4.79 Å². The van der Waals surface area contributed by atoms with E-state index < -0.39 is 0 Å². The highest BCUT2D eigenvalue weighted by atomic mass is 16.5. The summed E-state index contributed by atoms with van der Waals surface area (Å²) in [4.78, 5) is 11.4. The molecule has 0 spiro atoms. The molecule has 0 unspecified atom stereocenters. The zero-order valence-electron chi connectivity index (χ0n) is 7.38. The van der Waals surface area contributed by atoms with Crippen LogP contribution in [0.2, 0.25) is 0 Å². The molecule has 2 aliphatic heterocycles. The van der Waals surface area contributed by atoms with Crippen molar-refractivity contribution in [3.63, 3.8) is 0 Å². The lowest BCUT2D eigenvalue weighted by atomic mass is 9.89. The van der Waals surface area contributed by atoms with E-state index in [0.717, 1.165) is 12.8 Å². The number of hydrogen-bond donors (Lipinski definition) is 1. The first-order valence-electron chi connectivity index (χ1n) is 4.74. The minimum atomic E-state index is -0.00259. The summed E-state index contributed by atoms with van der Waals surface area (Å²) in [7, 11) is 0. The van der Waals surface area contributed by atoms with Gasteiger partial charge in [0, 0.05) is 12.1 Å². The van der Waals surface area contributed by atoms with E-state index in [2.05, 4.69) is 5.32 Å². The Morgan fingerprint density at radius 3 is 2.92 bits per heavy atom. The molecule has 2 rings (SSSR count). The Balaban J connectivity index is 1.93. The van der Waals surface area contributed by atoms with Crippen LogP contribution in [0.3, 0.4) is 0 Å². The summed E-state index contributed by atoms with van der Waals surface area (Å²) >= 11 is 0. The summed E-state index contributed by atoms with van der Waals surface area (Å²) in [5, 5.41) is 3.42. The average Bonchev–Trinajstić information content (AvgIpc) is 2.64. The summed E-state index contributed by atoms with van der Waals surface area (Å²) in [5.41, 5.74) is 0. The standard InChI is InChI=1S/C9H15NO2/c1-2-12-9(11)7-5-6-3-4-8(7)10-6/h6-8,10H,2-5H2,1H3/t6-,7-,8+/m1/s1. The summed E-state index contributed by atoms with van der Waals surface area (Å²) in [6.45, 7) is 2.37. The van der Waals surface area contributed by atoms with E-state index in [1.807, 2.05) is 6.92 Å². The van der Waals surface area contributed by atoms with Crippen molar-refractivity contribution in [1.29, 1.82) is 0 Å². The molecule has 2 bridgehead atoms. The molecule has 2 heterocycles. The van der Waals surface area contributed by atoms with Gasteiger partial charge in [-0.2, -0.15) is 0 Å². The molecule has 12 heavy (non-hydrogen) atoms. The van der Waals surface area contributed by atoms with Crippen LogP contribution in [0.15, 0.2) is 0 Å². The second-order valence-corrected chi connectivity index (χ2v) is 3.64. The largest absolute Gasteiger partial charge is 0.466 e. The maximum atomic E-state index is 11.4. The molecule has 0 saturated carbocycles. The molecule has 0 aromatic carbocycles. The second kappa shape index (κ2) is 3.05. The zero-order chi connectivity index (χ0) is 8.55. The van der Waals surface area contributed by atoms with Crippen molar-refractivity contribution in [1.82, 2.24) is 5.32 Å². The Bertz CT molecular complexity index is 193. The zero-order valence-corrected chi connectivity index (χ0v) is 7.38. The van der Waals surface area contributed by atoms with Gasteiger partial charge in [-0.1, -0.05) is 0 Å². The number of fused-ring (bicyclic) bond motifs is 2. The highest BCUT2D eigenvalue weighted by Gasteiger charge is 2.43. The Labute approximate surface area is 72.5 Å². The van der Waals surface area contributed by atoms with Crippen LogP contribution in [-0.4, -0.2) is 24.7 Å². The summed E-state index contributed by atoms with van der Waals surface area (Å²) in [6.07, 6.45) is 3.37. The van der Waals surface area contributed by atoms with Crippen LogP contribution in [0.5, 0.6) is 0 Å². The fourth-order valence-electron chi connectivity index (χ4n) is 2.33. The van der Waals surface area contributed by atoms with Crippen LogP contribution in [0.25, 0.3) is 0 Å². The Morgan fingerprint density at radius 2 is 2.42 bits per heavy atom. The number of carbonyl (C=O) groups is 1. The molecular weight excluding hydrogens is 154 g/mol. The quantitative estimate of drug-likeness (QED) is 0.618. The molecule has 0 aromatic rings. The Morgan fingerprint density at radius 1 is 1.58 bits per heavy atom. The van der Waals surface area contributed by atoms with Crippen molar-refractivity contribution in [2.45, 2.75) is 38.3 Å². The number of carbonyl (C=O) groups excluding carboxylic acids is 1. The van der Waals surface area contributed by atoms with Gasteiger partial charge in [0.25, 0.3) is 0 Å². The maximum Gasteiger partial charge on any atom is 0.310 e. The third kappa shape index (κ3) is 1.22. The first-order valence-corrected chi connectivity index (χ1v) is 4.74. The van der Waals surface area contributed by atoms with Crippen molar-refractivity contribution in [2.24, 2.45) is 5.92 Å². The molecular formula is C9H15NO2. The number of nitrogens with one attached hydrogen (secondary N) is 1. The third-order valence-corrected chi connectivity index (χ3v) is 2.89. The molecule has 68 valence electrons. The summed E-state index contributed by atoms with van der Waals surface area (Å²) in [5.74, 6) is 0.140. The van der Waals surface area contributed by atoms with Gasteiger partial charge < -0.3 is 10.1 Å². The van der Waals surface area contributed by atoms with E-state index in [-0.39, 0.29) is 11.9 Å². The molecule has 2 saturated heterocycles. The fourth-order valence-corrected chi connectivity index (χ4v) is 2.33. The lowest BCUT2D eigenvalue weighted by Gasteiger charge is -2.17. The number of rotatable bonds is 2. The monoisotopic (exact) mass is 169 g/mol. The van der Waals surface area contributed by atoms with E-state index in [1.54, 1.807) is 0 Å². The maximum absolute atomic E-state index is 11.4. The van der Waals surface area contributed by atoms with E-state index in [9.17, 15) is 4.79 Å². The van der Waals surface area contributed by atoms with Gasteiger partial charge in [-0.25, -0.2) is 0 Å². The third-order valence-electron chi connectivity index (χ3n) is 2.89. The van der Waals surface area contributed by atoms with Crippen LogP contribution in [-0.2, 0) is 9.53 Å². The van der Waals surface area contributed by atoms with Crippen molar-refractivity contribution in [3.05, 3.63) is 0 Å². The van der Waals surface area contributed by atoms with E-state index >= 15 is 0 Å². The van der Waals surface area contributed by atoms with Gasteiger partial charge in [-0.05, 0) is 26.2 Å². The molecule has 3 heteroatoms. The van der Waals surface area contributed by atoms with Crippen molar-refractivity contribution in [3.8, 4) is 0 Å². The van der Waals surface area contributed by atoms with Crippen LogP contribution < -0.4 is 5.32 Å². The second-order valence-electron chi connectivity index (χ2n) is 3.64. The first-order chi connectivity index (χ1) is 5.81. The normalized spacial score (nSPS) is 38.6. The first kappa shape index (κ1) is 8.05. The molecule has 3 nitrogen and oxygen atoms in total. The minimum Gasteiger partial charge on any atom is -0.466 e. The fraction of sp³-hybridized carbons (Fsp3) is 0.889. The average molecular weight is 169 g/mol. The smallest absolute Gasteiger partial charge is 0.310 e. The molecule has 0 aromatic heterocycles. The summed E-state index contributed by atoms with van der Waals surface area (Å²) < 4.78 is 5.00. The summed E-state index contributed by atoms with van der Waals surface area (Å²) in [6, 6.07) is 0.999. The predicted octanol–water partition coefficient (Wildman–Crippen LogP) is 0.690. The Kier molecular flexibility index (Phi) is 2.05. The molecule has 0 aliphatic carbocycles. The number of hydrogen-bond acceptors (Lipinski definition) is 3. The van der Waals surface area contributed by atoms with Crippen LogP contribution in [0.1, 0.15) is 26.2 Å². The van der Waals surface area contributed by atoms with Crippen molar-refractivity contribution < 1.29 is 9.53 Å². The van der Waals surface area contributed by atoms with E-state index in [0.29, 0.717) is 18.7 Å². The molecule has 2 fully saturated rings. The SMILES string of the molecule is CCOC(=O)[C@@H]1C[C@H]2CC[C@@H]1N2. The lowest BCUT2D eigenvalue weighted by Crippen LogP contribution is -2.30.